The van der Waals surface area contributed by atoms with E-state index in [4.69, 9.17) is 9.47 Å². The highest BCUT2D eigenvalue weighted by Crippen LogP contribution is 2.42. The Morgan fingerprint density at radius 1 is 1.00 bits per heavy atom. The van der Waals surface area contributed by atoms with Gasteiger partial charge in [-0.15, -0.1) is 0 Å². The summed E-state index contributed by atoms with van der Waals surface area (Å²) >= 11 is 0. The number of aliphatic hydroxyl groups is 3. The third kappa shape index (κ3) is 9.59. The molecular formula is C41H51NO9. The summed E-state index contributed by atoms with van der Waals surface area (Å²) in [5, 5.41) is 46.6. The summed E-state index contributed by atoms with van der Waals surface area (Å²) in [6, 6.07) is 8.60. The highest BCUT2D eigenvalue weighted by molar-refractivity contribution is 5.89. The molecule has 1 fully saturated rings. The quantitative estimate of drug-likeness (QED) is 0.0914. The van der Waals surface area contributed by atoms with Crippen LogP contribution in [-0.2, 0) is 32.1 Å². The molecule has 2 aromatic carbocycles. The van der Waals surface area contributed by atoms with E-state index in [-0.39, 0.29) is 55.6 Å². The van der Waals surface area contributed by atoms with Crippen molar-refractivity contribution in [2.45, 2.75) is 122 Å². The van der Waals surface area contributed by atoms with Crippen LogP contribution in [0.25, 0.3) is 0 Å². The molecule has 0 spiro atoms. The maximum Gasteiger partial charge on any atom is 0.334 e. The van der Waals surface area contributed by atoms with E-state index < -0.39 is 41.6 Å². The van der Waals surface area contributed by atoms with Gasteiger partial charge in [-0.2, -0.15) is 0 Å². The fraction of sp³-hybridized carbons (Fsp3) is 0.537. The average Bonchev–Trinajstić information content (AvgIpc) is 3.08. The Hall–Kier alpha value is -4.17. The predicted octanol–water partition coefficient (Wildman–Crippen LogP) is 5.59. The molecule has 0 saturated heterocycles. The van der Waals surface area contributed by atoms with Gasteiger partial charge in [0.15, 0.2) is 0 Å². The van der Waals surface area contributed by atoms with E-state index in [0.717, 1.165) is 12.0 Å². The second kappa shape index (κ2) is 16.4. The van der Waals surface area contributed by atoms with Gasteiger partial charge in [-0.3, -0.25) is 9.59 Å². The van der Waals surface area contributed by atoms with Gasteiger partial charge in [-0.25, -0.2) is 4.79 Å². The van der Waals surface area contributed by atoms with Crippen molar-refractivity contribution in [1.82, 2.24) is 0 Å². The molecule has 0 aromatic heterocycles. The molecule has 0 radical (unpaired) electrons. The van der Waals surface area contributed by atoms with Crippen molar-refractivity contribution >= 4 is 23.4 Å². The molecular weight excluding hydrogens is 650 g/mol. The molecule has 5 atom stereocenters. The predicted molar refractivity (Wildman–Crippen MR) is 192 cm³/mol. The number of Topliss-reactive ketones (excluding diaryl/α,β-unsaturated/α-hetero) is 1. The maximum absolute atomic E-state index is 14.4. The summed E-state index contributed by atoms with van der Waals surface area (Å²) in [5.41, 5.74) is 1.87. The number of allylic oxidation sites excluding steroid dienone is 1. The van der Waals surface area contributed by atoms with E-state index in [9.17, 15) is 34.8 Å². The minimum Gasteiger partial charge on any atom is -0.508 e. The molecule has 1 saturated carbocycles. The molecule has 1 aliphatic carbocycles. The Kier molecular flexibility index (Phi) is 12.3. The summed E-state index contributed by atoms with van der Waals surface area (Å²) in [4.78, 5) is 39.2. The number of aromatic hydroxyl groups is 1. The van der Waals surface area contributed by atoms with Crippen molar-refractivity contribution in [2.24, 2.45) is 11.8 Å². The molecule has 274 valence electrons. The third-order valence-electron chi connectivity index (χ3n) is 10.3. The van der Waals surface area contributed by atoms with Crippen LogP contribution in [0.1, 0.15) is 113 Å². The molecule has 0 amide bonds. The number of anilines is 1. The first-order valence-electron chi connectivity index (χ1n) is 18.1. The third-order valence-corrected chi connectivity index (χ3v) is 10.3. The van der Waals surface area contributed by atoms with Crippen molar-refractivity contribution in [3.8, 4) is 23.3 Å². The standard InChI is InChI=1S/C41H51NO9/c1-24(2)6-5-7-29-16-27(30-14-26(23-43)15-33(17-30)42-22-25(3)44)8-9-28-20-39(47)50-37-21-36(46)31(18-35(28)37)19-38(51-40(29)48)41(4,49)32-10-12-34(45)13-11-32/h7,14-15,17-18,21,24-25,27-28,32,38,42-44,46,49H,5-6,10-13,16,19-20,22-23H2,1-4H3. The van der Waals surface area contributed by atoms with Crippen LogP contribution in [0.3, 0.4) is 0 Å². The van der Waals surface area contributed by atoms with E-state index in [1.54, 1.807) is 26.0 Å². The number of ether oxygens (including phenoxy) is 2. The summed E-state index contributed by atoms with van der Waals surface area (Å²) in [6.45, 7) is 7.55. The van der Waals surface area contributed by atoms with Crippen molar-refractivity contribution < 1.29 is 44.3 Å². The average molecular weight is 702 g/mol. The second-order valence-corrected chi connectivity index (χ2v) is 15.0. The molecule has 2 aromatic rings. The van der Waals surface area contributed by atoms with Gasteiger partial charge in [0, 0.05) is 54.6 Å². The summed E-state index contributed by atoms with van der Waals surface area (Å²) in [7, 11) is 0. The Bertz CT molecular complexity index is 1700. The number of fused-ring (bicyclic) bond motifs is 1. The lowest BCUT2D eigenvalue weighted by Crippen LogP contribution is -2.50. The van der Waals surface area contributed by atoms with Crippen LogP contribution in [0.5, 0.6) is 11.5 Å². The number of benzene rings is 2. The molecule has 51 heavy (non-hydrogen) atoms. The molecule has 2 aliphatic heterocycles. The van der Waals surface area contributed by atoms with E-state index in [0.29, 0.717) is 66.0 Å². The fourth-order valence-corrected chi connectivity index (χ4v) is 7.18. The van der Waals surface area contributed by atoms with E-state index in [1.165, 1.54) is 6.07 Å². The van der Waals surface area contributed by atoms with E-state index >= 15 is 0 Å². The van der Waals surface area contributed by atoms with Gasteiger partial charge in [0.2, 0.25) is 0 Å². The zero-order valence-corrected chi connectivity index (χ0v) is 30.0. The van der Waals surface area contributed by atoms with Crippen molar-refractivity contribution in [2.75, 3.05) is 11.9 Å². The van der Waals surface area contributed by atoms with Gasteiger partial charge in [-0.1, -0.05) is 37.8 Å². The number of carbonyl (C=O) groups excluding carboxylic acids is 3. The number of phenols is 1. The van der Waals surface area contributed by atoms with Gasteiger partial charge >= 0.3 is 11.9 Å². The van der Waals surface area contributed by atoms with Crippen molar-refractivity contribution in [3.05, 3.63) is 64.2 Å². The lowest BCUT2D eigenvalue weighted by Gasteiger charge is -2.40. The monoisotopic (exact) mass is 701 g/mol. The van der Waals surface area contributed by atoms with Gasteiger partial charge in [-0.05, 0) is 92.7 Å². The number of carbonyl (C=O) groups is 3. The molecule has 2 heterocycles. The first-order valence-corrected chi connectivity index (χ1v) is 18.1. The number of phenolic OH excluding ortho intramolecular Hbond substituents is 1. The lowest BCUT2D eigenvalue weighted by molar-refractivity contribution is -0.169. The normalized spacial score (nSPS) is 23.9. The van der Waals surface area contributed by atoms with E-state index in [1.807, 2.05) is 18.2 Å². The number of ketones is 1. The van der Waals surface area contributed by atoms with Crippen LogP contribution < -0.4 is 10.1 Å². The highest BCUT2D eigenvalue weighted by Gasteiger charge is 2.44. The molecule has 10 nitrogen and oxygen atoms in total. The summed E-state index contributed by atoms with van der Waals surface area (Å²) in [6.07, 6.45) is 3.28. The topological polar surface area (TPSA) is 163 Å². The van der Waals surface area contributed by atoms with Crippen LogP contribution in [0.4, 0.5) is 5.69 Å². The van der Waals surface area contributed by atoms with Crippen LogP contribution in [0.15, 0.2) is 42.0 Å². The number of nitrogens with one attached hydrogen (secondary N) is 1. The summed E-state index contributed by atoms with van der Waals surface area (Å²) < 4.78 is 11.8. The van der Waals surface area contributed by atoms with Crippen LogP contribution >= 0.6 is 0 Å². The van der Waals surface area contributed by atoms with Gasteiger partial charge in [0.25, 0.3) is 0 Å². The number of aliphatic hydroxyl groups excluding tert-OH is 2. The first kappa shape index (κ1) is 38.1. The number of cyclic esters (lactones) is 1. The smallest absolute Gasteiger partial charge is 0.334 e. The Balaban J connectivity index is 1.66. The SMILES string of the molecule is CC(C)CCC=C1CC(c2cc(CO)cc(NCC(C)O)c2)C#CC2CC(=O)Oc3cc(O)c(cc32)CC(C(C)(O)C2CCC(=O)CC2)OC1=O. The number of rotatable bonds is 10. The molecule has 3 aliphatic rings. The Morgan fingerprint density at radius 3 is 2.41 bits per heavy atom. The first-order chi connectivity index (χ1) is 24.2. The van der Waals surface area contributed by atoms with Crippen molar-refractivity contribution in [3.63, 3.8) is 0 Å². The van der Waals surface area contributed by atoms with Crippen LogP contribution in [0.2, 0.25) is 0 Å². The van der Waals surface area contributed by atoms with Gasteiger partial charge in [0.05, 0.1) is 25.0 Å². The molecule has 10 heteroatoms. The minimum atomic E-state index is -1.54. The Labute approximate surface area is 300 Å². The van der Waals surface area contributed by atoms with Gasteiger partial charge in [0.1, 0.15) is 29.0 Å². The molecule has 5 rings (SSSR count). The zero-order valence-electron chi connectivity index (χ0n) is 30.0. The second-order valence-electron chi connectivity index (χ2n) is 15.0. The highest BCUT2D eigenvalue weighted by atomic mass is 16.6. The molecule has 2 bridgehead atoms. The minimum absolute atomic E-state index is 0.0153. The molecule has 5 N–H and O–H groups in total. The zero-order chi connectivity index (χ0) is 36.9. The largest absolute Gasteiger partial charge is 0.508 e. The number of hydrogen-bond acceptors (Lipinski definition) is 10. The van der Waals surface area contributed by atoms with Crippen LogP contribution in [0, 0.1) is 23.7 Å². The van der Waals surface area contributed by atoms with Crippen molar-refractivity contribution in [1.29, 1.82) is 0 Å². The number of esters is 2. The lowest BCUT2D eigenvalue weighted by atomic mass is 9.73. The Morgan fingerprint density at radius 2 is 1.73 bits per heavy atom. The van der Waals surface area contributed by atoms with Gasteiger partial charge < -0.3 is 35.2 Å². The molecule has 5 unspecified atom stereocenters. The van der Waals surface area contributed by atoms with E-state index in [2.05, 4.69) is 31.0 Å². The maximum atomic E-state index is 14.4. The van der Waals surface area contributed by atoms with Crippen LogP contribution in [-0.4, -0.2) is 62.5 Å². The number of hydrogen-bond donors (Lipinski definition) is 5. The fourth-order valence-electron chi connectivity index (χ4n) is 7.18. The summed E-state index contributed by atoms with van der Waals surface area (Å²) in [5.74, 6) is 4.65.